The number of carbonyl (C=O) groups excluding carboxylic acids is 1. The molecule has 1 aliphatic rings. The first kappa shape index (κ1) is 12.2. The van der Waals surface area contributed by atoms with Gasteiger partial charge in [-0.05, 0) is 24.0 Å². The summed E-state index contributed by atoms with van der Waals surface area (Å²) in [5.41, 5.74) is 4.14. The van der Waals surface area contributed by atoms with Crippen LogP contribution in [0.15, 0.2) is 48.5 Å². The van der Waals surface area contributed by atoms with E-state index in [2.05, 4.69) is 26.0 Å². The highest BCUT2D eigenvalue weighted by Crippen LogP contribution is 2.45. The Bertz CT molecular complexity index is 584. The van der Waals surface area contributed by atoms with Crippen molar-refractivity contribution in [1.29, 1.82) is 0 Å². The Labute approximate surface area is 114 Å². The number of benzene rings is 2. The van der Waals surface area contributed by atoms with Crippen molar-refractivity contribution in [3.8, 4) is 0 Å². The Morgan fingerprint density at radius 2 is 1.21 bits per heavy atom. The molecule has 2 aromatic rings. The van der Waals surface area contributed by atoms with Crippen LogP contribution in [0.5, 0.6) is 0 Å². The molecule has 0 fully saturated rings. The molecule has 0 bridgehead atoms. The molecule has 0 saturated heterocycles. The summed E-state index contributed by atoms with van der Waals surface area (Å²) >= 11 is 0. The smallest absolute Gasteiger partial charge is 0.193 e. The van der Waals surface area contributed by atoms with E-state index >= 15 is 0 Å². The minimum absolute atomic E-state index is 0.0128. The summed E-state index contributed by atoms with van der Waals surface area (Å²) < 4.78 is 0. The number of hydrogen-bond donors (Lipinski definition) is 0. The van der Waals surface area contributed by atoms with Gasteiger partial charge in [0.25, 0.3) is 0 Å². The molecule has 0 aliphatic heterocycles. The van der Waals surface area contributed by atoms with Crippen LogP contribution < -0.4 is 0 Å². The van der Waals surface area contributed by atoms with Gasteiger partial charge in [0.05, 0.1) is 0 Å². The molecule has 19 heavy (non-hydrogen) atoms. The second-order valence-corrected chi connectivity index (χ2v) is 5.21. The molecule has 0 heterocycles. The number of rotatable bonds is 2. The number of ketones is 1. The third-order valence-electron chi connectivity index (χ3n) is 4.58. The van der Waals surface area contributed by atoms with Gasteiger partial charge in [-0.1, -0.05) is 62.4 Å². The van der Waals surface area contributed by atoms with Crippen LogP contribution in [0.2, 0.25) is 0 Å². The van der Waals surface area contributed by atoms with Crippen molar-refractivity contribution in [3.05, 3.63) is 70.8 Å². The van der Waals surface area contributed by atoms with E-state index in [4.69, 9.17) is 0 Å². The molecule has 2 aromatic carbocycles. The van der Waals surface area contributed by atoms with E-state index in [-0.39, 0.29) is 11.2 Å². The van der Waals surface area contributed by atoms with E-state index < -0.39 is 0 Å². The maximum atomic E-state index is 12.6. The molecule has 1 nitrogen and oxygen atoms in total. The lowest BCUT2D eigenvalue weighted by Gasteiger charge is -2.39. The van der Waals surface area contributed by atoms with Crippen LogP contribution in [0.1, 0.15) is 53.7 Å². The van der Waals surface area contributed by atoms with Crippen LogP contribution in [0.3, 0.4) is 0 Å². The predicted octanol–water partition coefficient (Wildman–Crippen LogP) is 4.34. The molecular weight excluding hydrogens is 232 g/mol. The van der Waals surface area contributed by atoms with Gasteiger partial charge in [0.1, 0.15) is 0 Å². The van der Waals surface area contributed by atoms with Gasteiger partial charge in [-0.25, -0.2) is 0 Å². The lowest BCUT2D eigenvalue weighted by molar-refractivity contribution is 0.102. The third kappa shape index (κ3) is 1.51. The maximum absolute atomic E-state index is 12.6. The van der Waals surface area contributed by atoms with Crippen molar-refractivity contribution in [2.75, 3.05) is 0 Å². The topological polar surface area (TPSA) is 17.1 Å². The summed E-state index contributed by atoms with van der Waals surface area (Å²) in [6.45, 7) is 4.43. The first-order valence-corrected chi connectivity index (χ1v) is 6.98. The van der Waals surface area contributed by atoms with Gasteiger partial charge in [0.15, 0.2) is 5.78 Å². The van der Waals surface area contributed by atoms with Crippen LogP contribution in [-0.2, 0) is 5.41 Å². The lowest BCUT2D eigenvalue weighted by Crippen LogP contribution is -2.34. The fraction of sp³-hybridized carbons (Fsp3) is 0.278. The number of hydrogen-bond acceptors (Lipinski definition) is 1. The van der Waals surface area contributed by atoms with Gasteiger partial charge in [-0.3, -0.25) is 4.79 Å². The highest BCUT2D eigenvalue weighted by Gasteiger charge is 2.40. The SMILES string of the molecule is CCC1(CC)c2ccccc2C(=O)c2ccccc21. The zero-order chi connectivity index (χ0) is 13.5. The highest BCUT2D eigenvalue weighted by atomic mass is 16.1. The van der Waals surface area contributed by atoms with Gasteiger partial charge >= 0.3 is 0 Å². The van der Waals surface area contributed by atoms with Crippen molar-refractivity contribution < 1.29 is 4.79 Å². The molecule has 0 unspecified atom stereocenters. The Morgan fingerprint density at radius 1 is 0.789 bits per heavy atom. The summed E-state index contributed by atoms with van der Waals surface area (Å²) in [7, 11) is 0. The van der Waals surface area contributed by atoms with Crippen molar-refractivity contribution >= 4 is 5.78 Å². The molecule has 96 valence electrons. The average molecular weight is 250 g/mol. The van der Waals surface area contributed by atoms with Gasteiger partial charge in [0, 0.05) is 16.5 Å². The summed E-state index contributed by atoms with van der Waals surface area (Å²) in [5.74, 6) is 0.170. The second-order valence-electron chi connectivity index (χ2n) is 5.21. The van der Waals surface area contributed by atoms with Crippen molar-refractivity contribution in [3.63, 3.8) is 0 Å². The molecular formula is C18H18O. The van der Waals surface area contributed by atoms with Crippen molar-refractivity contribution in [2.24, 2.45) is 0 Å². The Kier molecular flexibility index (Phi) is 2.78. The van der Waals surface area contributed by atoms with Crippen LogP contribution in [0.25, 0.3) is 0 Å². The standard InChI is InChI=1S/C18H18O/c1-3-18(4-2)15-11-7-5-9-13(15)17(19)14-10-6-8-12-16(14)18/h5-12H,3-4H2,1-2H3. The van der Waals surface area contributed by atoms with Gasteiger partial charge in [0.2, 0.25) is 0 Å². The van der Waals surface area contributed by atoms with E-state index in [1.165, 1.54) is 11.1 Å². The predicted molar refractivity (Wildman–Crippen MR) is 77.7 cm³/mol. The van der Waals surface area contributed by atoms with Crippen molar-refractivity contribution in [1.82, 2.24) is 0 Å². The molecule has 0 saturated carbocycles. The summed E-state index contributed by atoms with van der Waals surface area (Å²) in [5, 5.41) is 0. The van der Waals surface area contributed by atoms with E-state index in [0.717, 1.165) is 24.0 Å². The Hall–Kier alpha value is -1.89. The van der Waals surface area contributed by atoms with Crippen LogP contribution in [0.4, 0.5) is 0 Å². The molecule has 0 amide bonds. The Morgan fingerprint density at radius 3 is 1.63 bits per heavy atom. The zero-order valence-electron chi connectivity index (χ0n) is 11.4. The fourth-order valence-electron chi connectivity index (χ4n) is 3.50. The zero-order valence-corrected chi connectivity index (χ0v) is 11.4. The molecule has 0 spiro atoms. The monoisotopic (exact) mass is 250 g/mol. The molecule has 0 N–H and O–H groups in total. The van der Waals surface area contributed by atoms with Crippen LogP contribution in [0, 0.1) is 0 Å². The maximum Gasteiger partial charge on any atom is 0.193 e. The molecule has 0 aromatic heterocycles. The third-order valence-corrected chi connectivity index (χ3v) is 4.58. The number of carbonyl (C=O) groups is 1. The van der Waals surface area contributed by atoms with E-state index in [1.807, 2.05) is 36.4 Å². The summed E-state index contributed by atoms with van der Waals surface area (Å²) in [4.78, 5) is 12.6. The van der Waals surface area contributed by atoms with Crippen molar-refractivity contribution in [2.45, 2.75) is 32.1 Å². The minimum atomic E-state index is -0.0128. The summed E-state index contributed by atoms with van der Waals surface area (Å²) in [6, 6.07) is 16.2. The lowest BCUT2D eigenvalue weighted by atomic mass is 9.63. The van der Waals surface area contributed by atoms with Gasteiger partial charge in [-0.2, -0.15) is 0 Å². The molecule has 3 rings (SSSR count). The van der Waals surface area contributed by atoms with E-state index in [1.54, 1.807) is 0 Å². The van der Waals surface area contributed by atoms with E-state index in [9.17, 15) is 4.79 Å². The number of fused-ring (bicyclic) bond motifs is 2. The van der Waals surface area contributed by atoms with E-state index in [0.29, 0.717) is 0 Å². The highest BCUT2D eigenvalue weighted by molar-refractivity contribution is 6.13. The largest absolute Gasteiger partial charge is 0.289 e. The molecule has 0 radical (unpaired) electrons. The van der Waals surface area contributed by atoms with Gasteiger partial charge < -0.3 is 0 Å². The molecule has 1 heteroatoms. The first-order valence-electron chi connectivity index (χ1n) is 6.98. The Balaban J connectivity index is 2.39. The average Bonchev–Trinajstić information content (AvgIpc) is 2.49. The fourth-order valence-corrected chi connectivity index (χ4v) is 3.50. The van der Waals surface area contributed by atoms with Crippen LogP contribution in [-0.4, -0.2) is 5.78 Å². The first-order chi connectivity index (χ1) is 9.24. The second kappa shape index (κ2) is 4.34. The summed E-state index contributed by atoms with van der Waals surface area (Å²) in [6.07, 6.45) is 2.04. The van der Waals surface area contributed by atoms with Crippen LogP contribution >= 0.6 is 0 Å². The minimum Gasteiger partial charge on any atom is -0.289 e. The molecule has 0 atom stereocenters. The van der Waals surface area contributed by atoms with Gasteiger partial charge in [-0.15, -0.1) is 0 Å². The quantitative estimate of drug-likeness (QED) is 0.775. The normalized spacial score (nSPS) is 15.8. The molecule has 1 aliphatic carbocycles.